The molecule has 0 spiro atoms. The van der Waals surface area contributed by atoms with Crippen LogP contribution in [0.25, 0.3) is 0 Å². The molecule has 1 nitrogen and oxygen atoms in total. The molecule has 0 fully saturated rings. The van der Waals surface area contributed by atoms with Crippen molar-refractivity contribution in [2.45, 2.75) is 13.0 Å². The van der Waals surface area contributed by atoms with Crippen LogP contribution in [0.3, 0.4) is 0 Å². The van der Waals surface area contributed by atoms with E-state index in [9.17, 15) is 0 Å². The molecule has 5 heteroatoms. The molecule has 2 rings (SSSR count). The number of thiophene rings is 1. The van der Waals surface area contributed by atoms with E-state index in [0.29, 0.717) is 0 Å². The van der Waals surface area contributed by atoms with E-state index in [0.717, 1.165) is 29.3 Å². The van der Waals surface area contributed by atoms with E-state index in [2.05, 4.69) is 37.9 Å². The Kier molecular flexibility index (Phi) is 4.31. The molecule has 0 saturated heterocycles. The molecule has 1 unspecified atom stereocenters. The van der Waals surface area contributed by atoms with Crippen LogP contribution in [-0.2, 0) is 0 Å². The summed E-state index contributed by atoms with van der Waals surface area (Å²) < 4.78 is 2.09. The largest absolute Gasteiger partial charge is 0.320 e. The average Bonchev–Trinajstić information content (AvgIpc) is 2.57. The van der Waals surface area contributed by atoms with Crippen LogP contribution in [-0.4, -0.2) is 0 Å². The van der Waals surface area contributed by atoms with E-state index in [1.165, 1.54) is 0 Å². The molecule has 90 valence electrons. The van der Waals surface area contributed by atoms with E-state index in [1.807, 2.05) is 25.1 Å². The van der Waals surface area contributed by atoms with E-state index >= 15 is 0 Å². The molecule has 0 aliphatic carbocycles. The molecule has 0 amide bonds. The van der Waals surface area contributed by atoms with Crippen LogP contribution in [0.1, 0.15) is 22.0 Å². The summed E-state index contributed by atoms with van der Waals surface area (Å²) in [5.74, 6) is 0. The van der Waals surface area contributed by atoms with Gasteiger partial charge in [0.1, 0.15) is 0 Å². The minimum absolute atomic E-state index is 0.139. The summed E-state index contributed by atoms with van der Waals surface area (Å²) in [6.07, 6.45) is 0. The Morgan fingerprint density at radius 2 is 1.94 bits per heavy atom. The van der Waals surface area contributed by atoms with Crippen LogP contribution < -0.4 is 5.73 Å². The molecular formula is C12H10Br2ClNS. The summed E-state index contributed by atoms with van der Waals surface area (Å²) in [6.45, 7) is 2.02. The van der Waals surface area contributed by atoms with Gasteiger partial charge in [-0.25, -0.2) is 0 Å². The molecular weight excluding hydrogens is 385 g/mol. The van der Waals surface area contributed by atoms with Crippen molar-refractivity contribution in [3.8, 4) is 0 Å². The van der Waals surface area contributed by atoms with Crippen molar-refractivity contribution in [2.75, 3.05) is 0 Å². The summed E-state index contributed by atoms with van der Waals surface area (Å²) in [4.78, 5) is 1.10. The molecule has 1 aromatic carbocycles. The van der Waals surface area contributed by atoms with Crippen LogP contribution in [0.5, 0.6) is 0 Å². The smallest absolute Gasteiger partial charge is 0.0843 e. The second-order valence-corrected chi connectivity index (χ2v) is 7.50. The third kappa shape index (κ3) is 3.12. The first kappa shape index (κ1) is 13.6. The van der Waals surface area contributed by atoms with Gasteiger partial charge in [-0.3, -0.25) is 0 Å². The number of hydrogen-bond donors (Lipinski definition) is 1. The molecule has 1 heterocycles. The van der Waals surface area contributed by atoms with E-state index in [1.54, 1.807) is 11.3 Å². The van der Waals surface area contributed by atoms with Crippen molar-refractivity contribution in [3.05, 3.63) is 53.6 Å². The van der Waals surface area contributed by atoms with Crippen molar-refractivity contribution >= 4 is 54.8 Å². The highest BCUT2D eigenvalue weighted by Gasteiger charge is 2.14. The van der Waals surface area contributed by atoms with Gasteiger partial charge in [-0.2, -0.15) is 0 Å². The Balaban J connectivity index is 2.39. The number of halogens is 3. The molecule has 0 saturated carbocycles. The number of rotatable bonds is 2. The van der Waals surface area contributed by atoms with Crippen molar-refractivity contribution in [1.29, 1.82) is 0 Å². The Bertz CT molecular complexity index is 514. The van der Waals surface area contributed by atoms with Crippen LogP contribution in [0, 0.1) is 6.92 Å². The SMILES string of the molecule is Cc1cc(Cl)cc(C(N)c2cc(Br)c(Br)s2)c1. The molecule has 1 aromatic heterocycles. The lowest BCUT2D eigenvalue weighted by Crippen LogP contribution is -2.10. The lowest BCUT2D eigenvalue weighted by molar-refractivity contribution is 0.891. The van der Waals surface area contributed by atoms with Gasteiger partial charge in [-0.05, 0) is 68.1 Å². The van der Waals surface area contributed by atoms with Gasteiger partial charge in [0.2, 0.25) is 0 Å². The van der Waals surface area contributed by atoms with Crippen LogP contribution >= 0.6 is 54.8 Å². The fraction of sp³-hybridized carbons (Fsp3) is 0.167. The van der Waals surface area contributed by atoms with Crippen LogP contribution in [0.15, 0.2) is 32.5 Å². The maximum Gasteiger partial charge on any atom is 0.0843 e. The van der Waals surface area contributed by atoms with Crippen molar-refractivity contribution in [2.24, 2.45) is 5.73 Å². The first-order valence-corrected chi connectivity index (χ1v) is 7.73. The van der Waals surface area contributed by atoms with Gasteiger partial charge < -0.3 is 5.73 Å². The minimum atomic E-state index is -0.139. The van der Waals surface area contributed by atoms with Gasteiger partial charge >= 0.3 is 0 Å². The topological polar surface area (TPSA) is 26.0 Å². The predicted molar refractivity (Wildman–Crippen MR) is 81.9 cm³/mol. The Labute approximate surface area is 126 Å². The first-order valence-electron chi connectivity index (χ1n) is 4.95. The normalized spacial score (nSPS) is 12.8. The quantitative estimate of drug-likeness (QED) is 0.735. The highest BCUT2D eigenvalue weighted by atomic mass is 79.9. The van der Waals surface area contributed by atoms with Crippen molar-refractivity contribution in [3.63, 3.8) is 0 Å². The van der Waals surface area contributed by atoms with Crippen molar-refractivity contribution in [1.82, 2.24) is 0 Å². The first-order chi connectivity index (χ1) is 7.97. The molecule has 0 radical (unpaired) electrons. The van der Waals surface area contributed by atoms with Gasteiger partial charge in [0.25, 0.3) is 0 Å². The number of aryl methyl sites for hydroxylation is 1. The summed E-state index contributed by atoms with van der Waals surface area (Å²) in [5, 5.41) is 0.727. The third-order valence-electron chi connectivity index (χ3n) is 2.39. The lowest BCUT2D eigenvalue weighted by atomic mass is 10.0. The molecule has 0 aliphatic heterocycles. The minimum Gasteiger partial charge on any atom is -0.320 e. The molecule has 1 atom stereocenters. The van der Waals surface area contributed by atoms with E-state index in [-0.39, 0.29) is 6.04 Å². The second-order valence-electron chi connectivity index (χ2n) is 3.81. The number of hydrogen-bond acceptors (Lipinski definition) is 2. The third-order valence-corrected chi connectivity index (χ3v) is 5.95. The fourth-order valence-electron chi connectivity index (χ4n) is 1.63. The maximum absolute atomic E-state index is 6.25. The van der Waals surface area contributed by atoms with Gasteiger partial charge in [0.15, 0.2) is 0 Å². The Hall–Kier alpha value is 0.130. The maximum atomic E-state index is 6.25. The zero-order valence-electron chi connectivity index (χ0n) is 9.01. The molecule has 2 aromatic rings. The van der Waals surface area contributed by atoms with E-state index in [4.69, 9.17) is 17.3 Å². The Morgan fingerprint density at radius 1 is 1.24 bits per heavy atom. The molecule has 0 aliphatic rings. The monoisotopic (exact) mass is 393 g/mol. The average molecular weight is 396 g/mol. The van der Waals surface area contributed by atoms with Gasteiger partial charge in [-0.1, -0.05) is 17.7 Å². The van der Waals surface area contributed by atoms with Crippen molar-refractivity contribution < 1.29 is 0 Å². The summed E-state index contributed by atoms with van der Waals surface area (Å²) in [5.41, 5.74) is 8.41. The highest BCUT2D eigenvalue weighted by Crippen LogP contribution is 2.37. The van der Waals surface area contributed by atoms with E-state index < -0.39 is 0 Å². The second kappa shape index (κ2) is 5.41. The lowest BCUT2D eigenvalue weighted by Gasteiger charge is -2.11. The summed E-state index contributed by atoms with van der Waals surface area (Å²) >= 11 is 14.6. The molecule has 0 bridgehead atoms. The highest BCUT2D eigenvalue weighted by molar-refractivity contribution is 9.13. The van der Waals surface area contributed by atoms with Crippen LogP contribution in [0.2, 0.25) is 5.02 Å². The zero-order chi connectivity index (χ0) is 12.6. The zero-order valence-corrected chi connectivity index (χ0v) is 13.8. The molecule has 2 N–H and O–H groups in total. The number of nitrogens with two attached hydrogens (primary N) is 1. The summed E-state index contributed by atoms with van der Waals surface area (Å²) in [6, 6.07) is 7.81. The van der Waals surface area contributed by atoms with Gasteiger partial charge in [0, 0.05) is 14.4 Å². The molecule has 17 heavy (non-hydrogen) atoms. The van der Waals surface area contributed by atoms with Gasteiger partial charge in [-0.15, -0.1) is 11.3 Å². The predicted octanol–water partition coefficient (Wildman–Crippen LogP) is 5.28. The van der Waals surface area contributed by atoms with Gasteiger partial charge in [0.05, 0.1) is 9.83 Å². The Morgan fingerprint density at radius 3 is 2.47 bits per heavy atom. The summed E-state index contributed by atoms with van der Waals surface area (Å²) in [7, 11) is 0. The number of benzene rings is 1. The van der Waals surface area contributed by atoms with Crippen LogP contribution in [0.4, 0.5) is 0 Å². The standard InChI is InChI=1S/C12H10Br2ClNS/c1-6-2-7(4-8(15)3-6)11(16)10-5-9(13)12(14)17-10/h2-5,11H,16H2,1H3. The fourth-order valence-corrected chi connectivity index (χ4v) is 4.04.